The van der Waals surface area contributed by atoms with Crippen LogP contribution in [0, 0.1) is 19.3 Å². The lowest BCUT2D eigenvalue weighted by Gasteiger charge is -2.12. The predicted octanol–water partition coefficient (Wildman–Crippen LogP) is 4.71. The topological polar surface area (TPSA) is 65.5 Å². The average molecular weight is 389 g/mol. The second-order valence-electron chi connectivity index (χ2n) is 7.68. The van der Waals surface area contributed by atoms with Gasteiger partial charge in [0, 0.05) is 18.0 Å². The second kappa shape index (κ2) is 7.32. The molecule has 0 amide bonds. The SMILES string of the molecule is COC(=O)C1(C(=O)Cc2ccc(Oc3ccnc4cc(C)c(C)cc34)cc2)CC1. The molecule has 0 saturated heterocycles. The number of aryl methyl sites for hydroxylation is 2. The minimum atomic E-state index is -0.921. The Morgan fingerprint density at radius 2 is 1.72 bits per heavy atom. The molecule has 5 nitrogen and oxygen atoms in total. The van der Waals surface area contributed by atoms with E-state index in [-0.39, 0.29) is 12.2 Å². The van der Waals surface area contributed by atoms with Gasteiger partial charge in [0.05, 0.1) is 12.6 Å². The van der Waals surface area contributed by atoms with Crippen LogP contribution < -0.4 is 4.74 Å². The van der Waals surface area contributed by atoms with Crippen LogP contribution >= 0.6 is 0 Å². The van der Waals surface area contributed by atoms with E-state index in [0.717, 1.165) is 22.2 Å². The maximum absolute atomic E-state index is 12.5. The number of hydrogen-bond donors (Lipinski definition) is 0. The quantitative estimate of drug-likeness (QED) is 0.451. The smallest absolute Gasteiger partial charge is 0.319 e. The van der Waals surface area contributed by atoms with Gasteiger partial charge in [0.1, 0.15) is 16.9 Å². The number of carbonyl (C=O) groups is 2. The third-order valence-corrected chi connectivity index (χ3v) is 5.69. The van der Waals surface area contributed by atoms with Gasteiger partial charge in [-0.25, -0.2) is 0 Å². The Kier molecular flexibility index (Phi) is 4.82. The van der Waals surface area contributed by atoms with Gasteiger partial charge in [-0.05, 0) is 73.7 Å². The summed E-state index contributed by atoms with van der Waals surface area (Å²) in [6.07, 6.45) is 3.11. The van der Waals surface area contributed by atoms with Crippen molar-refractivity contribution in [3.63, 3.8) is 0 Å². The molecule has 1 fully saturated rings. The van der Waals surface area contributed by atoms with Crippen molar-refractivity contribution in [3.8, 4) is 11.5 Å². The Labute approximate surface area is 169 Å². The van der Waals surface area contributed by atoms with E-state index in [1.807, 2.05) is 30.3 Å². The van der Waals surface area contributed by atoms with E-state index in [4.69, 9.17) is 9.47 Å². The molecule has 1 saturated carbocycles. The van der Waals surface area contributed by atoms with E-state index in [1.165, 1.54) is 18.2 Å². The average Bonchev–Trinajstić information content (AvgIpc) is 3.52. The highest BCUT2D eigenvalue weighted by molar-refractivity contribution is 6.07. The molecule has 0 atom stereocenters. The van der Waals surface area contributed by atoms with E-state index in [1.54, 1.807) is 6.20 Å². The number of methoxy groups -OCH3 is 1. The van der Waals surface area contributed by atoms with Gasteiger partial charge in [-0.15, -0.1) is 0 Å². The first-order valence-corrected chi connectivity index (χ1v) is 9.67. The number of carbonyl (C=O) groups excluding carboxylic acids is 2. The molecular formula is C24H23NO4. The molecule has 1 aliphatic carbocycles. The van der Waals surface area contributed by atoms with Gasteiger partial charge in [-0.1, -0.05) is 12.1 Å². The van der Waals surface area contributed by atoms with E-state index in [2.05, 4.69) is 31.0 Å². The number of ether oxygens (including phenoxy) is 2. The van der Waals surface area contributed by atoms with E-state index >= 15 is 0 Å². The third kappa shape index (κ3) is 3.60. The van der Waals surface area contributed by atoms with Crippen LogP contribution in [0.5, 0.6) is 11.5 Å². The zero-order valence-corrected chi connectivity index (χ0v) is 16.8. The lowest BCUT2D eigenvalue weighted by Crippen LogP contribution is -2.28. The zero-order valence-electron chi connectivity index (χ0n) is 16.8. The first-order valence-electron chi connectivity index (χ1n) is 9.67. The van der Waals surface area contributed by atoms with Crippen molar-refractivity contribution in [1.82, 2.24) is 4.98 Å². The number of benzene rings is 2. The van der Waals surface area contributed by atoms with E-state index < -0.39 is 11.4 Å². The second-order valence-corrected chi connectivity index (χ2v) is 7.68. The zero-order chi connectivity index (χ0) is 20.6. The van der Waals surface area contributed by atoms with Crippen molar-refractivity contribution in [2.24, 2.45) is 5.41 Å². The summed E-state index contributed by atoms with van der Waals surface area (Å²) >= 11 is 0. The van der Waals surface area contributed by atoms with Gasteiger partial charge in [0.25, 0.3) is 0 Å². The van der Waals surface area contributed by atoms with Crippen LogP contribution in [-0.4, -0.2) is 23.8 Å². The summed E-state index contributed by atoms with van der Waals surface area (Å²) in [7, 11) is 1.33. The van der Waals surface area contributed by atoms with Gasteiger partial charge < -0.3 is 9.47 Å². The summed E-state index contributed by atoms with van der Waals surface area (Å²) in [5.41, 5.74) is 3.20. The molecule has 0 aliphatic heterocycles. The molecule has 0 spiro atoms. The highest BCUT2D eigenvalue weighted by Crippen LogP contribution is 2.48. The number of ketones is 1. The Balaban J connectivity index is 1.51. The fourth-order valence-electron chi connectivity index (χ4n) is 3.54. The highest BCUT2D eigenvalue weighted by Gasteiger charge is 2.56. The monoisotopic (exact) mass is 389 g/mol. The van der Waals surface area contributed by atoms with Crippen molar-refractivity contribution in [1.29, 1.82) is 0 Å². The van der Waals surface area contributed by atoms with Crippen LogP contribution in [0.4, 0.5) is 0 Å². The first kappa shape index (κ1) is 19.1. The minimum Gasteiger partial charge on any atom is -0.468 e. The molecular weight excluding hydrogens is 366 g/mol. The van der Waals surface area contributed by atoms with Crippen LogP contribution in [0.3, 0.4) is 0 Å². The number of rotatable bonds is 6. The molecule has 0 bridgehead atoms. The number of fused-ring (bicyclic) bond motifs is 1. The number of hydrogen-bond acceptors (Lipinski definition) is 5. The van der Waals surface area contributed by atoms with Gasteiger partial charge in [-0.3, -0.25) is 14.6 Å². The highest BCUT2D eigenvalue weighted by atomic mass is 16.5. The van der Waals surface area contributed by atoms with Crippen LogP contribution in [-0.2, 0) is 20.7 Å². The van der Waals surface area contributed by atoms with Crippen molar-refractivity contribution < 1.29 is 19.1 Å². The van der Waals surface area contributed by atoms with Crippen molar-refractivity contribution in [2.75, 3.05) is 7.11 Å². The summed E-state index contributed by atoms with van der Waals surface area (Å²) in [4.78, 5) is 28.8. The van der Waals surface area contributed by atoms with Crippen LogP contribution in [0.25, 0.3) is 10.9 Å². The summed E-state index contributed by atoms with van der Waals surface area (Å²) < 4.78 is 10.9. The number of nitrogens with zero attached hydrogens (tertiary/aromatic N) is 1. The molecule has 148 valence electrons. The van der Waals surface area contributed by atoms with E-state index in [9.17, 15) is 9.59 Å². The number of esters is 1. The predicted molar refractivity (Wildman–Crippen MR) is 110 cm³/mol. The maximum atomic E-state index is 12.5. The molecule has 0 N–H and O–H groups in total. The summed E-state index contributed by atoms with van der Waals surface area (Å²) in [5.74, 6) is 0.923. The molecule has 1 aromatic heterocycles. The summed E-state index contributed by atoms with van der Waals surface area (Å²) in [6, 6.07) is 13.4. The van der Waals surface area contributed by atoms with Gasteiger partial charge in [-0.2, -0.15) is 0 Å². The van der Waals surface area contributed by atoms with Crippen LogP contribution in [0.1, 0.15) is 29.5 Å². The lowest BCUT2D eigenvalue weighted by molar-refractivity contribution is -0.151. The summed E-state index contributed by atoms with van der Waals surface area (Å²) in [5, 5.41) is 0.962. The Morgan fingerprint density at radius 3 is 2.38 bits per heavy atom. The molecule has 0 unspecified atom stereocenters. The van der Waals surface area contributed by atoms with Gasteiger partial charge in [0.2, 0.25) is 0 Å². The molecule has 29 heavy (non-hydrogen) atoms. The Bertz CT molecular complexity index is 1100. The number of aromatic nitrogens is 1. The fourth-order valence-corrected chi connectivity index (χ4v) is 3.54. The first-order chi connectivity index (χ1) is 13.9. The Morgan fingerprint density at radius 1 is 1.03 bits per heavy atom. The van der Waals surface area contributed by atoms with Crippen molar-refractivity contribution >= 4 is 22.7 Å². The molecule has 5 heteroatoms. The minimum absolute atomic E-state index is 0.0796. The number of pyridine rings is 1. The summed E-state index contributed by atoms with van der Waals surface area (Å²) in [6.45, 7) is 4.13. The maximum Gasteiger partial charge on any atom is 0.319 e. The fraction of sp³-hybridized carbons (Fsp3) is 0.292. The standard InChI is InChI=1S/C24H23NO4/c1-15-12-19-20(13-16(15)2)25-11-8-21(19)29-18-6-4-17(5-7-18)14-22(26)24(9-10-24)23(27)28-3/h4-8,11-13H,9-10,14H2,1-3H3. The molecule has 2 aromatic carbocycles. The molecule has 3 aromatic rings. The molecule has 4 rings (SSSR count). The molecule has 1 aliphatic rings. The lowest BCUT2D eigenvalue weighted by atomic mass is 9.95. The largest absolute Gasteiger partial charge is 0.468 e. The molecule has 0 radical (unpaired) electrons. The van der Waals surface area contributed by atoms with Crippen molar-refractivity contribution in [3.05, 3.63) is 65.4 Å². The van der Waals surface area contributed by atoms with Crippen LogP contribution in [0.2, 0.25) is 0 Å². The van der Waals surface area contributed by atoms with Crippen molar-refractivity contribution in [2.45, 2.75) is 33.1 Å². The number of Topliss-reactive ketones (excluding diaryl/α,β-unsaturated/α-hetero) is 1. The van der Waals surface area contributed by atoms with Gasteiger partial charge >= 0.3 is 5.97 Å². The van der Waals surface area contributed by atoms with Gasteiger partial charge in [0.15, 0.2) is 5.78 Å². The third-order valence-electron chi connectivity index (χ3n) is 5.69. The molecule has 1 heterocycles. The van der Waals surface area contributed by atoms with E-state index in [0.29, 0.717) is 18.6 Å². The normalized spacial score (nSPS) is 14.4. The Hall–Kier alpha value is -3.21. The van der Waals surface area contributed by atoms with Crippen LogP contribution in [0.15, 0.2) is 48.7 Å².